The zero-order valence-electron chi connectivity index (χ0n) is 20.8. The fourth-order valence-electron chi connectivity index (χ4n) is 6.92. The highest BCUT2D eigenvalue weighted by Gasteiger charge is 2.71. The van der Waals surface area contributed by atoms with Gasteiger partial charge < -0.3 is 9.80 Å². The Bertz CT molecular complexity index is 1520. The molecular formula is C30H26N4O4. The molecular weight excluding hydrogens is 480 g/mol. The van der Waals surface area contributed by atoms with Gasteiger partial charge in [0.15, 0.2) is 0 Å². The first-order valence-electron chi connectivity index (χ1n) is 12.9. The van der Waals surface area contributed by atoms with E-state index in [1.807, 2.05) is 61.5 Å². The second-order valence-electron chi connectivity index (χ2n) is 10.4. The van der Waals surface area contributed by atoms with E-state index >= 15 is 0 Å². The van der Waals surface area contributed by atoms with Crippen LogP contribution in [0.1, 0.15) is 18.1 Å². The second kappa shape index (κ2) is 8.10. The Morgan fingerprint density at radius 2 is 1.58 bits per heavy atom. The Morgan fingerprint density at radius 1 is 0.895 bits per heavy atom. The van der Waals surface area contributed by atoms with Crippen LogP contribution >= 0.6 is 0 Å². The van der Waals surface area contributed by atoms with Crippen LogP contribution in [0.25, 0.3) is 0 Å². The maximum absolute atomic E-state index is 14.4. The van der Waals surface area contributed by atoms with Crippen molar-refractivity contribution < 1.29 is 19.2 Å². The van der Waals surface area contributed by atoms with Crippen molar-refractivity contribution >= 4 is 40.7 Å². The Balaban J connectivity index is 1.28. The monoisotopic (exact) mass is 506 g/mol. The SMILES string of the molecule is C[C@@H]1N[C@]2(C(=O)N(CC(=O)N3CCc4ccccc43)c3ccccc32)[C@H]2C(=O)N(c3ccccc3)C(=O)[C@@H]12. The highest BCUT2D eigenvalue weighted by atomic mass is 16.2. The minimum absolute atomic E-state index is 0.149. The van der Waals surface area contributed by atoms with Crippen molar-refractivity contribution in [3.63, 3.8) is 0 Å². The molecule has 8 nitrogen and oxygen atoms in total. The smallest absolute Gasteiger partial charge is 0.253 e. The molecule has 0 unspecified atom stereocenters. The molecule has 4 aliphatic heterocycles. The third kappa shape index (κ3) is 2.89. The van der Waals surface area contributed by atoms with Crippen molar-refractivity contribution in [2.75, 3.05) is 27.8 Å². The predicted octanol–water partition coefficient (Wildman–Crippen LogP) is 2.62. The lowest BCUT2D eigenvalue weighted by molar-refractivity contribution is -0.132. The Kier molecular flexibility index (Phi) is 4.87. The van der Waals surface area contributed by atoms with Crippen LogP contribution in [0.4, 0.5) is 17.1 Å². The average molecular weight is 507 g/mol. The number of para-hydroxylation sites is 3. The molecule has 1 spiro atoms. The van der Waals surface area contributed by atoms with E-state index in [4.69, 9.17) is 0 Å². The number of amides is 4. The lowest BCUT2D eigenvalue weighted by Gasteiger charge is -2.30. The Hall–Kier alpha value is -4.30. The van der Waals surface area contributed by atoms with Crippen molar-refractivity contribution in [1.82, 2.24) is 5.32 Å². The molecule has 0 aliphatic carbocycles. The minimum atomic E-state index is -1.42. The van der Waals surface area contributed by atoms with Crippen LogP contribution in [-0.4, -0.2) is 42.8 Å². The van der Waals surface area contributed by atoms with E-state index in [1.165, 1.54) is 9.80 Å². The summed E-state index contributed by atoms with van der Waals surface area (Å²) < 4.78 is 0. The van der Waals surface area contributed by atoms with E-state index in [0.717, 1.165) is 17.7 Å². The molecule has 4 amide bonds. The van der Waals surface area contributed by atoms with Crippen molar-refractivity contribution in [3.8, 4) is 0 Å². The third-order valence-corrected chi connectivity index (χ3v) is 8.51. The van der Waals surface area contributed by atoms with Crippen molar-refractivity contribution in [2.24, 2.45) is 11.8 Å². The molecule has 0 radical (unpaired) electrons. The predicted molar refractivity (Wildman–Crippen MR) is 141 cm³/mol. The summed E-state index contributed by atoms with van der Waals surface area (Å²) in [6.07, 6.45) is 0.769. The molecule has 4 aliphatic rings. The second-order valence-corrected chi connectivity index (χ2v) is 10.4. The molecule has 2 fully saturated rings. The summed E-state index contributed by atoms with van der Waals surface area (Å²) in [5.74, 6) is -2.86. The van der Waals surface area contributed by atoms with Gasteiger partial charge in [0, 0.05) is 29.5 Å². The molecule has 8 heteroatoms. The fourth-order valence-corrected chi connectivity index (χ4v) is 6.92. The molecule has 1 N–H and O–H groups in total. The van der Waals surface area contributed by atoms with E-state index in [0.29, 0.717) is 23.5 Å². The van der Waals surface area contributed by atoms with E-state index in [2.05, 4.69) is 5.32 Å². The van der Waals surface area contributed by atoms with Crippen LogP contribution in [-0.2, 0) is 31.1 Å². The van der Waals surface area contributed by atoms with Crippen LogP contribution in [0.5, 0.6) is 0 Å². The van der Waals surface area contributed by atoms with Gasteiger partial charge in [-0.1, -0.05) is 54.6 Å². The highest BCUT2D eigenvalue weighted by molar-refractivity contribution is 6.26. The van der Waals surface area contributed by atoms with Gasteiger partial charge in [-0.15, -0.1) is 0 Å². The standard InChI is InChI=1S/C30H26N4O4/c1-18-25-26(28(37)34(27(25)36)20-10-3-2-4-11-20)30(31-18)21-12-6-8-14-23(21)33(29(30)38)17-24(35)32-16-15-19-9-5-7-13-22(19)32/h2-14,18,25-26,31H,15-17H2,1H3/t18-,25-,26+,30-/m0/s1. The van der Waals surface area contributed by atoms with Gasteiger partial charge in [0.1, 0.15) is 12.1 Å². The topological polar surface area (TPSA) is 90.0 Å². The first kappa shape index (κ1) is 22.9. The maximum atomic E-state index is 14.4. The summed E-state index contributed by atoms with van der Waals surface area (Å²) >= 11 is 0. The zero-order valence-corrected chi connectivity index (χ0v) is 20.8. The van der Waals surface area contributed by atoms with Crippen molar-refractivity contribution in [2.45, 2.75) is 24.9 Å². The number of hydrogen-bond acceptors (Lipinski definition) is 5. The molecule has 7 rings (SSSR count). The first-order valence-corrected chi connectivity index (χ1v) is 12.9. The average Bonchev–Trinajstić information content (AvgIpc) is 3.63. The number of rotatable bonds is 3. The van der Waals surface area contributed by atoms with Gasteiger partial charge >= 0.3 is 0 Å². The minimum Gasteiger partial charge on any atom is -0.310 e. The van der Waals surface area contributed by atoms with Crippen LogP contribution in [0.2, 0.25) is 0 Å². The van der Waals surface area contributed by atoms with E-state index in [-0.39, 0.29) is 24.3 Å². The zero-order chi connectivity index (χ0) is 26.2. The molecule has 0 bridgehead atoms. The molecule has 4 heterocycles. The summed E-state index contributed by atoms with van der Waals surface area (Å²) in [5.41, 5.74) is 2.29. The van der Waals surface area contributed by atoms with Crippen LogP contribution < -0.4 is 20.0 Å². The van der Waals surface area contributed by atoms with Crippen molar-refractivity contribution in [3.05, 3.63) is 90.0 Å². The van der Waals surface area contributed by atoms with Gasteiger partial charge in [0.2, 0.25) is 17.7 Å². The van der Waals surface area contributed by atoms with E-state index < -0.39 is 29.3 Å². The van der Waals surface area contributed by atoms with E-state index in [1.54, 1.807) is 29.2 Å². The van der Waals surface area contributed by atoms with Gasteiger partial charge in [-0.3, -0.25) is 24.5 Å². The fraction of sp³-hybridized carbons (Fsp3) is 0.267. The maximum Gasteiger partial charge on any atom is 0.253 e. The van der Waals surface area contributed by atoms with Crippen LogP contribution in [0.3, 0.4) is 0 Å². The van der Waals surface area contributed by atoms with Gasteiger partial charge in [0.05, 0.1) is 17.5 Å². The van der Waals surface area contributed by atoms with Crippen molar-refractivity contribution in [1.29, 1.82) is 0 Å². The first-order chi connectivity index (χ1) is 18.4. The van der Waals surface area contributed by atoms with Gasteiger partial charge in [-0.2, -0.15) is 0 Å². The number of nitrogens with one attached hydrogen (secondary N) is 1. The lowest BCUT2D eigenvalue weighted by atomic mass is 9.76. The normalized spacial score (nSPS) is 27.3. The Labute approximate surface area is 219 Å². The van der Waals surface area contributed by atoms with Crippen LogP contribution in [0, 0.1) is 11.8 Å². The summed E-state index contributed by atoms with van der Waals surface area (Å²) in [7, 11) is 0. The molecule has 38 heavy (non-hydrogen) atoms. The molecule has 4 atom stereocenters. The molecule has 190 valence electrons. The lowest BCUT2D eigenvalue weighted by Crippen LogP contribution is -2.56. The number of carbonyl (C=O) groups is 4. The van der Waals surface area contributed by atoms with Gasteiger partial charge in [0.25, 0.3) is 5.91 Å². The quantitative estimate of drug-likeness (QED) is 0.552. The number of imide groups is 1. The molecule has 3 aromatic rings. The molecule has 0 saturated carbocycles. The number of hydrogen-bond donors (Lipinski definition) is 1. The van der Waals surface area contributed by atoms with Crippen LogP contribution in [0.15, 0.2) is 78.9 Å². The molecule has 0 aromatic heterocycles. The number of benzene rings is 3. The highest BCUT2D eigenvalue weighted by Crippen LogP contribution is 2.55. The summed E-state index contributed by atoms with van der Waals surface area (Å²) in [5, 5.41) is 3.37. The van der Waals surface area contributed by atoms with Gasteiger partial charge in [-0.05, 0) is 43.2 Å². The van der Waals surface area contributed by atoms with Gasteiger partial charge in [-0.25, -0.2) is 4.90 Å². The van der Waals surface area contributed by atoms with E-state index in [9.17, 15) is 19.2 Å². The third-order valence-electron chi connectivity index (χ3n) is 8.51. The summed E-state index contributed by atoms with van der Waals surface area (Å²) in [6, 6.07) is 23.5. The number of fused-ring (bicyclic) bond motifs is 5. The summed E-state index contributed by atoms with van der Waals surface area (Å²) in [4.78, 5) is 59.9. The largest absolute Gasteiger partial charge is 0.310 e. The Morgan fingerprint density at radius 3 is 2.37 bits per heavy atom. The molecule has 3 aromatic carbocycles. The molecule has 2 saturated heterocycles. The number of carbonyl (C=O) groups excluding carboxylic acids is 4. The summed E-state index contributed by atoms with van der Waals surface area (Å²) in [6.45, 7) is 2.26. The number of anilines is 3. The number of nitrogens with zero attached hydrogens (tertiary/aromatic N) is 3.